The number of amides is 3. The minimum atomic E-state index is -1.18. The SMILES string of the molecule is CCN(CC)CCNC(=O)NC(=O)C(C)=C(C)C(=O)O. The molecule has 0 aromatic carbocycles. The molecule has 0 saturated heterocycles. The van der Waals surface area contributed by atoms with Crippen molar-refractivity contribution in [2.45, 2.75) is 27.7 Å². The summed E-state index contributed by atoms with van der Waals surface area (Å²) >= 11 is 0. The smallest absolute Gasteiger partial charge is 0.331 e. The van der Waals surface area contributed by atoms with E-state index >= 15 is 0 Å². The molecular weight excluding hydrogens is 262 g/mol. The van der Waals surface area contributed by atoms with Gasteiger partial charge in [0.15, 0.2) is 0 Å². The van der Waals surface area contributed by atoms with Gasteiger partial charge in [0.1, 0.15) is 0 Å². The van der Waals surface area contributed by atoms with Gasteiger partial charge in [-0.15, -0.1) is 0 Å². The number of rotatable bonds is 7. The zero-order chi connectivity index (χ0) is 15.7. The third-order valence-electron chi connectivity index (χ3n) is 3.06. The molecule has 7 heteroatoms. The highest BCUT2D eigenvalue weighted by Gasteiger charge is 2.14. The molecule has 0 aliphatic heterocycles. The summed E-state index contributed by atoms with van der Waals surface area (Å²) < 4.78 is 0. The van der Waals surface area contributed by atoms with Gasteiger partial charge in [0.2, 0.25) is 0 Å². The van der Waals surface area contributed by atoms with Gasteiger partial charge in [-0.25, -0.2) is 9.59 Å². The molecule has 3 N–H and O–H groups in total. The number of nitrogens with zero attached hydrogens (tertiary/aromatic N) is 1. The molecule has 0 spiro atoms. The molecular formula is C13H23N3O4. The molecule has 0 aromatic rings. The Kier molecular flexibility index (Phi) is 8.23. The Morgan fingerprint density at radius 2 is 1.60 bits per heavy atom. The van der Waals surface area contributed by atoms with Crippen molar-refractivity contribution in [1.82, 2.24) is 15.5 Å². The van der Waals surface area contributed by atoms with Gasteiger partial charge >= 0.3 is 12.0 Å². The van der Waals surface area contributed by atoms with Crippen molar-refractivity contribution < 1.29 is 19.5 Å². The van der Waals surface area contributed by atoms with Crippen molar-refractivity contribution in [3.63, 3.8) is 0 Å². The van der Waals surface area contributed by atoms with Crippen molar-refractivity contribution >= 4 is 17.9 Å². The lowest BCUT2D eigenvalue weighted by Crippen LogP contribution is -2.43. The van der Waals surface area contributed by atoms with Crippen molar-refractivity contribution in [3.05, 3.63) is 11.1 Å². The summed E-state index contributed by atoms with van der Waals surface area (Å²) in [6.07, 6.45) is 0. The Balaban J connectivity index is 4.25. The summed E-state index contributed by atoms with van der Waals surface area (Å²) in [4.78, 5) is 35.9. The van der Waals surface area contributed by atoms with Crippen LogP contribution < -0.4 is 10.6 Å². The van der Waals surface area contributed by atoms with E-state index in [1.165, 1.54) is 13.8 Å². The van der Waals surface area contributed by atoms with E-state index in [2.05, 4.69) is 15.5 Å². The molecule has 0 aliphatic rings. The third-order valence-corrected chi connectivity index (χ3v) is 3.06. The van der Waals surface area contributed by atoms with E-state index in [0.717, 1.165) is 13.1 Å². The maximum absolute atomic E-state index is 11.6. The summed E-state index contributed by atoms with van der Waals surface area (Å²) in [7, 11) is 0. The van der Waals surface area contributed by atoms with Crippen LogP contribution in [0.4, 0.5) is 4.79 Å². The van der Waals surface area contributed by atoms with E-state index in [0.29, 0.717) is 13.1 Å². The van der Waals surface area contributed by atoms with Crippen molar-refractivity contribution in [2.24, 2.45) is 0 Å². The first-order valence-corrected chi connectivity index (χ1v) is 6.55. The third kappa shape index (κ3) is 6.33. The van der Waals surface area contributed by atoms with Gasteiger partial charge in [0.25, 0.3) is 5.91 Å². The predicted molar refractivity (Wildman–Crippen MR) is 75.3 cm³/mol. The monoisotopic (exact) mass is 285 g/mol. The lowest BCUT2D eigenvalue weighted by Gasteiger charge is -2.18. The minimum Gasteiger partial charge on any atom is -0.478 e. The lowest BCUT2D eigenvalue weighted by molar-refractivity contribution is -0.133. The number of hydrogen-bond donors (Lipinski definition) is 3. The van der Waals surface area contributed by atoms with Crippen molar-refractivity contribution in [3.8, 4) is 0 Å². The molecule has 114 valence electrons. The van der Waals surface area contributed by atoms with E-state index in [1.807, 2.05) is 13.8 Å². The Labute approximate surface area is 119 Å². The Morgan fingerprint density at radius 3 is 2.05 bits per heavy atom. The number of carboxylic acids is 1. The molecule has 0 atom stereocenters. The van der Waals surface area contributed by atoms with Crippen LogP contribution in [0.2, 0.25) is 0 Å². The molecule has 0 radical (unpaired) electrons. The lowest BCUT2D eigenvalue weighted by atomic mass is 10.1. The molecule has 0 rings (SSSR count). The predicted octanol–water partition coefficient (Wildman–Crippen LogP) is 0.575. The number of aliphatic carboxylic acids is 1. The highest BCUT2D eigenvalue weighted by Crippen LogP contribution is 2.03. The Bertz CT molecular complexity index is 400. The first-order chi connectivity index (χ1) is 9.33. The van der Waals surface area contributed by atoms with E-state index in [9.17, 15) is 14.4 Å². The fourth-order valence-corrected chi connectivity index (χ4v) is 1.44. The summed E-state index contributed by atoms with van der Waals surface area (Å²) in [5.41, 5.74) is -0.0742. The number of carbonyl (C=O) groups excluding carboxylic acids is 2. The van der Waals surface area contributed by atoms with Crippen molar-refractivity contribution in [2.75, 3.05) is 26.2 Å². The summed E-state index contributed by atoms with van der Waals surface area (Å²) in [6.45, 7) is 9.61. The Hall–Kier alpha value is -1.89. The number of carbonyl (C=O) groups is 3. The topological polar surface area (TPSA) is 98.7 Å². The van der Waals surface area contributed by atoms with Crippen LogP contribution in [0.15, 0.2) is 11.1 Å². The second-order valence-corrected chi connectivity index (χ2v) is 4.29. The second-order valence-electron chi connectivity index (χ2n) is 4.29. The summed E-state index contributed by atoms with van der Waals surface area (Å²) in [5.74, 6) is -1.88. The van der Waals surface area contributed by atoms with Gasteiger partial charge in [0, 0.05) is 24.2 Å². The van der Waals surface area contributed by atoms with E-state index in [1.54, 1.807) is 0 Å². The molecule has 7 nitrogen and oxygen atoms in total. The van der Waals surface area contributed by atoms with Gasteiger partial charge in [-0.2, -0.15) is 0 Å². The van der Waals surface area contributed by atoms with Gasteiger partial charge < -0.3 is 15.3 Å². The van der Waals surface area contributed by atoms with Crippen LogP contribution in [0.25, 0.3) is 0 Å². The fourth-order valence-electron chi connectivity index (χ4n) is 1.44. The van der Waals surface area contributed by atoms with E-state index in [-0.39, 0.29) is 11.1 Å². The van der Waals surface area contributed by atoms with Gasteiger partial charge in [-0.3, -0.25) is 10.1 Å². The van der Waals surface area contributed by atoms with Crippen LogP contribution in [-0.2, 0) is 9.59 Å². The van der Waals surface area contributed by atoms with E-state index < -0.39 is 17.9 Å². The summed E-state index contributed by atoms with van der Waals surface area (Å²) in [6, 6.07) is -0.625. The number of likely N-dealkylation sites (N-methyl/N-ethyl adjacent to an activating group) is 1. The molecule has 0 heterocycles. The van der Waals surface area contributed by atoms with Gasteiger partial charge in [-0.1, -0.05) is 13.8 Å². The molecule has 0 fully saturated rings. The van der Waals surface area contributed by atoms with Gasteiger partial charge in [-0.05, 0) is 26.9 Å². The Morgan fingerprint density at radius 1 is 1.05 bits per heavy atom. The maximum Gasteiger partial charge on any atom is 0.331 e. The summed E-state index contributed by atoms with van der Waals surface area (Å²) in [5, 5.41) is 13.4. The van der Waals surface area contributed by atoms with Crippen LogP contribution in [0.3, 0.4) is 0 Å². The standard InChI is InChI=1S/C13H23N3O4/c1-5-16(6-2)8-7-14-13(20)15-11(17)9(3)10(4)12(18)19/h5-8H2,1-4H3,(H,18,19)(H2,14,15,17,20). The first kappa shape index (κ1) is 18.1. The first-order valence-electron chi connectivity index (χ1n) is 6.55. The zero-order valence-electron chi connectivity index (χ0n) is 12.4. The quantitative estimate of drug-likeness (QED) is 0.594. The van der Waals surface area contributed by atoms with Crippen LogP contribution in [0.1, 0.15) is 27.7 Å². The zero-order valence-corrected chi connectivity index (χ0v) is 12.4. The van der Waals surface area contributed by atoms with Crippen molar-refractivity contribution in [1.29, 1.82) is 0 Å². The molecule has 3 amide bonds. The number of hydrogen-bond acceptors (Lipinski definition) is 4. The van der Waals surface area contributed by atoms with Crippen LogP contribution in [0.5, 0.6) is 0 Å². The average Bonchev–Trinajstić information content (AvgIpc) is 2.41. The highest BCUT2D eigenvalue weighted by molar-refractivity contribution is 6.07. The molecule has 0 aromatic heterocycles. The van der Waals surface area contributed by atoms with Gasteiger partial charge in [0.05, 0.1) is 0 Å². The highest BCUT2D eigenvalue weighted by atomic mass is 16.4. The molecule has 0 unspecified atom stereocenters. The number of carboxylic acid groups (broad SMARTS) is 1. The molecule has 20 heavy (non-hydrogen) atoms. The molecule has 0 aliphatic carbocycles. The normalized spacial score (nSPS) is 11.8. The molecule has 0 saturated carbocycles. The number of imide groups is 1. The minimum absolute atomic E-state index is 0.0105. The number of urea groups is 1. The fraction of sp³-hybridized carbons (Fsp3) is 0.615. The van der Waals surface area contributed by atoms with Crippen LogP contribution in [0, 0.1) is 0 Å². The van der Waals surface area contributed by atoms with Crippen LogP contribution in [-0.4, -0.2) is 54.1 Å². The molecule has 0 bridgehead atoms. The van der Waals surface area contributed by atoms with Crippen LogP contribution >= 0.6 is 0 Å². The maximum atomic E-state index is 11.6. The second kappa shape index (κ2) is 9.08. The largest absolute Gasteiger partial charge is 0.478 e. The average molecular weight is 285 g/mol. The number of nitrogens with one attached hydrogen (secondary N) is 2. The van der Waals surface area contributed by atoms with E-state index in [4.69, 9.17) is 5.11 Å².